The second-order valence-electron chi connectivity index (χ2n) is 3.85. The Morgan fingerprint density at radius 3 is 2.17 bits per heavy atom. The molecule has 2 unspecified atom stereocenters. The van der Waals surface area contributed by atoms with Crippen LogP contribution in [0.1, 0.15) is 41.0 Å². The number of esters is 1. The molecule has 0 radical (unpaired) electrons. The zero-order valence-electron chi connectivity index (χ0n) is 11.7. The average molecular weight is 282 g/mol. The van der Waals surface area contributed by atoms with E-state index in [0.717, 1.165) is 0 Å². The van der Waals surface area contributed by atoms with E-state index in [0.29, 0.717) is 0 Å². The molecule has 0 aliphatic heterocycles. The summed E-state index contributed by atoms with van der Waals surface area (Å²) in [5.74, 6) is -0.593. The van der Waals surface area contributed by atoms with Crippen LogP contribution in [-0.4, -0.2) is 30.9 Å². The highest BCUT2D eigenvalue weighted by atomic mass is 31.2. The van der Waals surface area contributed by atoms with Crippen molar-refractivity contribution in [3.8, 4) is 0 Å². The normalized spacial score (nSPS) is 16.3. The molecule has 0 saturated heterocycles. The highest BCUT2D eigenvalue weighted by Gasteiger charge is 2.42. The molecule has 0 fully saturated rings. The maximum atomic E-state index is 12.5. The van der Waals surface area contributed by atoms with Crippen molar-refractivity contribution in [1.29, 1.82) is 0 Å². The molecule has 0 aromatic carbocycles. The quantitative estimate of drug-likeness (QED) is 0.280. The van der Waals surface area contributed by atoms with Crippen LogP contribution in [0.15, 0.2) is 0 Å². The number of ether oxygens (including phenoxy) is 1. The smallest absolute Gasteiger partial charge is 0.371 e. The van der Waals surface area contributed by atoms with Gasteiger partial charge in [0, 0.05) is 0 Å². The first-order valence-electron chi connectivity index (χ1n) is 6.17. The van der Waals surface area contributed by atoms with Crippen LogP contribution in [0.3, 0.4) is 0 Å². The van der Waals surface area contributed by atoms with Crippen LogP contribution in [0, 0.1) is 0 Å². The zero-order chi connectivity index (χ0) is 14.2. The number of carbonyl (C=O) groups excluding carboxylic acids is 1. The minimum atomic E-state index is -3.67. The lowest BCUT2D eigenvalue weighted by Gasteiger charge is -2.23. The Balaban J connectivity index is 4.90. The third kappa shape index (κ3) is 5.48. The SMILES string of the molecule is CCOC(=O)C(CC)P(=O)(OCC)OOC(C)C. The van der Waals surface area contributed by atoms with Crippen molar-refractivity contribution in [2.24, 2.45) is 0 Å². The second kappa shape index (κ2) is 8.64. The fourth-order valence-electron chi connectivity index (χ4n) is 1.25. The lowest BCUT2D eigenvalue weighted by atomic mass is 10.3. The molecule has 2 atom stereocenters. The molecule has 0 N–H and O–H groups in total. The van der Waals surface area contributed by atoms with Gasteiger partial charge in [0.1, 0.15) is 0 Å². The monoisotopic (exact) mass is 282 g/mol. The third-order valence-corrected chi connectivity index (χ3v) is 4.23. The lowest BCUT2D eigenvalue weighted by Crippen LogP contribution is -2.25. The first-order chi connectivity index (χ1) is 8.41. The fraction of sp³-hybridized carbons (Fsp3) is 0.909. The minimum absolute atomic E-state index is 0.161. The molecular formula is C11H23O6P. The molecule has 0 aromatic rings. The summed E-state index contributed by atoms with van der Waals surface area (Å²) in [5.41, 5.74) is -0.962. The largest absolute Gasteiger partial charge is 0.465 e. The molecular weight excluding hydrogens is 259 g/mol. The van der Waals surface area contributed by atoms with E-state index < -0.39 is 19.2 Å². The van der Waals surface area contributed by atoms with Gasteiger partial charge in [-0.2, -0.15) is 0 Å². The topological polar surface area (TPSA) is 71.1 Å². The van der Waals surface area contributed by atoms with Crippen molar-refractivity contribution in [3.05, 3.63) is 0 Å². The Kier molecular flexibility index (Phi) is 8.44. The number of carbonyl (C=O) groups is 1. The van der Waals surface area contributed by atoms with Crippen LogP contribution in [0.2, 0.25) is 0 Å². The number of rotatable bonds is 9. The summed E-state index contributed by atoms with van der Waals surface area (Å²) in [6.07, 6.45) is 0.0101. The summed E-state index contributed by atoms with van der Waals surface area (Å²) < 4.78 is 27.4. The van der Waals surface area contributed by atoms with Gasteiger partial charge in [-0.3, -0.25) is 9.36 Å². The second-order valence-corrected chi connectivity index (χ2v) is 5.96. The molecule has 0 amide bonds. The molecule has 0 aliphatic rings. The predicted octanol–water partition coefficient (Wildman–Crippen LogP) is 2.91. The van der Waals surface area contributed by atoms with Crippen LogP contribution in [-0.2, 0) is 28.2 Å². The van der Waals surface area contributed by atoms with E-state index in [2.05, 4.69) is 0 Å². The van der Waals surface area contributed by atoms with E-state index in [-0.39, 0.29) is 25.7 Å². The minimum Gasteiger partial charge on any atom is -0.465 e. The third-order valence-electron chi connectivity index (χ3n) is 1.98. The first kappa shape index (κ1) is 17.6. The Hall–Kier alpha value is -0.420. The van der Waals surface area contributed by atoms with Gasteiger partial charge in [0.15, 0.2) is 5.66 Å². The van der Waals surface area contributed by atoms with E-state index in [1.165, 1.54) is 0 Å². The molecule has 6 nitrogen and oxygen atoms in total. The van der Waals surface area contributed by atoms with Crippen LogP contribution in [0.25, 0.3) is 0 Å². The predicted molar refractivity (Wildman–Crippen MR) is 67.3 cm³/mol. The maximum absolute atomic E-state index is 12.5. The van der Waals surface area contributed by atoms with Crippen LogP contribution in [0.5, 0.6) is 0 Å². The molecule has 18 heavy (non-hydrogen) atoms. The first-order valence-corrected chi connectivity index (χ1v) is 7.78. The van der Waals surface area contributed by atoms with E-state index in [1.807, 2.05) is 0 Å². The number of hydrogen-bond donors (Lipinski definition) is 0. The van der Waals surface area contributed by atoms with Crippen LogP contribution < -0.4 is 0 Å². The summed E-state index contributed by atoms with van der Waals surface area (Å²) in [5, 5.41) is 0. The van der Waals surface area contributed by atoms with E-state index in [9.17, 15) is 9.36 Å². The van der Waals surface area contributed by atoms with Crippen molar-refractivity contribution >= 4 is 13.6 Å². The van der Waals surface area contributed by atoms with Crippen molar-refractivity contribution < 1.29 is 28.2 Å². The molecule has 0 aromatic heterocycles. The van der Waals surface area contributed by atoms with E-state index in [4.69, 9.17) is 18.8 Å². The van der Waals surface area contributed by atoms with Gasteiger partial charge in [-0.05, 0) is 34.1 Å². The molecule has 108 valence electrons. The molecule has 0 saturated carbocycles. The van der Waals surface area contributed by atoms with Gasteiger partial charge in [-0.25, -0.2) is 4.89 Å². The molecule has 0 aliphatic carbocycles. The molecule has 0 rings (SSSR count). The van der Waals surface area contributed by atoms with Crippen LogP contribution in [0.4, 0.5) is 0 Å². The van der Waals surface area contributed by atoms with Gasteiger partial charge in [-0.15, -0.1) is 4.67 Å². The molecule has 0 heterocycles. The standard InChI is InChI=1S/C11H23O6P/c1-6-10(11(12)14-7-2)18(13,15-8-3)17-16-9(4)5/h9-10H,6-8H2,1-5H3. The highest BCUT2D eigenvalue weighted by molar-refractivity contribution is 7.55. The van der Waals surface area contributed by atoms with Crippen molar-refractivity contribution in [2.75, 3.05) is 13.2 Å². The Bertz CT molecular complexity index is 291. The van der Waals surface area contributed by atoms with Crippen molar-refractivity contribution in [1.82, 2.24) is 0 Å². The summed E-state index contributed by atoms with van der Waals surface area (Å²) >= 11 is 0. The summed E-state index contributed by atoms with van der Waals surface area (Å²) in [7, 11) is -3.67. The van der Waals surface area contributed by atoms with Crippen molar-refractivity contribution in [2.45, 2.75) is 52.8 Å². The van der Waals surface area contributed by atoms with Gasteiger partial charge in [0.2, 0.25) is 0 Å². The van der Waals surface area contributed by atoms with Gasteiger partial charge >= 0.3 is 13.6 Å². The molecule has 0 bridgehead atoms. The van der Waals surface area contributed by atoms with E-state index in [1.54, 1.807) is 34.6 Å². The Morgan fingerprint density at radius 2 is 1.78 bits per heavy atom. The van der Waals surface area contributed by atoms with E-state index >= 15 is 0 Å². The lowest BCUT2D eigenvalue weighted by molar-refractivity contribution is -0.243. The maximum Gasteiger partial charge on any atom is 0.371 e. The van der Waals surface area contributed by atoms with Gasteiger partial charge < -0.3 is 9.26 Å². The van der Waals surface area contributed by atoms with Gasteiger partial charge in [0.25, 0.3) is 0 Å². The van der Waals surface area contributed by atoms with Gasteiger partial charge in [0.05, 0.1) is 19.3 Å². The van der Waals surface area contributed by atoms with Crippen molar-refractivity contribution in [3.63, 3.8) is 0 Å². The number of hydrogen-bond acceptors (Lipinski definition) is 6. The molecule has 0 spiro atoms. The zero-order valence-corrected chi connectivity index (χ0v) is 12.6. The summed E-state index contributed by atoms with van der Waals surface area (Å²) in [4.78, 5) is 16.6. The summed E-state index contributed by atoms with van der Waals surface area (Å²) in [6, 6.07) is 0. The average Bonchev–Trinajstić information content (AvgIpc) is 2.28. The van der Waals surface area contributed by atoms with Gasteiger partial charge in [-0.1, -0.05) is 6.92 Å². The fourth-order valence-corrected chi connectivity index (χ4v) is 3.01. The Morgan fingerprint density at radius 1 is 1.17 bits per heavy atom. The summed E-state index contributed by atoms with van der Waals surface area (Å²) in [6.45, 7) is 8.89. The highest BCUT2D eigenvalue weighted by Crippen LogP contribution is 2.55. The Labute approximate surface area is 108 Å². The molecule has 7 heteroatoms. The van der Waals surface area contributed by atoms with Crippen LogP contribution >= 0.6 is 7.60 Å².